The number of benzene rings is 2. The van der Waals surface area contributed by atoms with Gasteiger partial charge in [0.05, 0.1) is 40.5 Å². The van der Waals surface area contributed by atoms with Crippen LogP contribution in [0, 0.1) is 0 Å². The van der Waals surface area contributed by atoms with E-state index in [1.54, 1.807) is 25.7 Å². The van der Waals surface area contributed by atoms with Crippen molar-refractivity contribution in [3.8, 4) is 5.75 Å². The Morgan fingerprint density at radius 2 is 1.74 bits per heavy atom. The van der Waals surface area contributed by atoms with Crippen LogP contribution < -0.4 is 25.6 Å². The summed E-state index contributed by atoms with van der Waals surface area (Å²) in [5.41, 5.74) is 6.16. The van der Waals surface area contributed by atoms with Gasteiger partial charge < -0.3 is 25.0 Å². The lowest BCUT2D eigenvalue weighted by molar-refractivity contribution is -0.0556. The van der Waals surface area contributed by atoms with Crippen molar-refractivity contribution in [1.29, 1.82) is 0 Å². The van der Waals surface area contributed by atoms with Crippen LogP contribution in [0.5, 0.6) is 5.75 Å². The number of nitrogens with zero attached hydrogens (tertiary/aromatic N) is 6. The maximum absolute atomic E-state index is 6.09. The van der Waals surface area contributed by atoms with Crippen LogP contribution in [0.4, 0.5) is 28.8 Å². The third-order valence-electron chi connectivity index (χ3n) is 9.48. The zero-order valence-corrected chi connectivity index (χ0v) is 29.4. The Labute approximate surface area is 280 Å². The van der Waals surface area contributed by atoms with Crippen LogP contribution in [0.1, 0.15) is 38.2 Å². The average Bonchev–Trinajstić information content (AvgIpc) is 3.42. The fraction of sp³-hybridized carbons (Fsp3) is 0.471. The smallest absolute Gasteiger partial charge is 0.229 e. The summed E-state index contributed by atoms with van der Waals surface area (Å²) in [7, 11) is 1.26. The lowest BCUT2D eigenvalue weighted by atomic mass is 9.99. The molecule has 7 rings (SSSR count). The van der Waals surface area contributed by atoms with Gasteiger partial charge in [0.15, 0.2) is 0 Å². The molecule has 2 aromatic carbocycles. The van der Waals surface area contributed by atoms with Crippen molar-refractivity contribution in [3.63, 3.8) is 0 Å². The van der Waals surface area contributed by atoms with Crippen molar-refractivity contribution in [1.82, 2.24) is 24.8 Å². The molecule has 0 spiro atoms. The van der Waals surface area contributed by atoms with Crippen LogP contribution in [0.25, 0.3) is 11.0 Å². The minimum absolute atomic E-state index is 0.446. The summed E-state index contributed by atoms with van der Waals surface area (Å²) in [5.74, 6) is 1.93. The molecule has 0 saturated carbocycles. The molecule has 0 amide bonds. The molecule has 0 aliphatic carbocycles. The Morgan fingerprint density at radius 3 is 2.46 bits per heavy atom. The number of hydrogen-bond acceptors (Lipinski definition) is 10. The highest BCUT2D eigenvalue weighted by molar-refractivity contribution is 9.10. The number of hydrogen-bond donors (Lipinski definition) is 2. The topological polar surface area (TPSA) is 101 Å². The number of aryl methyl sites for hydroxylation is 1. The highest BCUT2D eigenvalue weighted by Gasteiger charge is 2.37. The molecule has 3 saturated heterocycles. The van der Waals surface area contributed by atoms with Gasteiger partial charge >= 0.3 is 0 Å². The molecule has 2 bridgehead atoms. The van der Waals surface area contributed by atoms with E-state index in [0.717, 1.165) is 70.5 Å². The van der Waals surface area contributed by atoms with Crippen LogP contribution >= 0.6 is 23.9 Å². The maximum Gasteiger partial charge on any atom is 0.229 e. The molecule has 2 atom stereocenters. The number of ether oxygens (including phenoxy) is 2. The van der Waals surface area contributed by atoms with Gasteiger partial charge in [0.25, 0.3) is 0 Å². The largest absolute Gasteiger partial charge is 0.494 e. The fourth-order valence-corrected chi connectivity index (χ4v) is 8.71. The number of likely N-dealkylation sites (tertiary alicyclic amines) is 1. The molecule has 3 aliphatic rings. The normalized spacial score (nSPS) is 20.4. The molecule has 3 aliphatic heterocycles. The number of methoxy groups -OCH3 is 1. The van der Waals surface area contributed by atoms with Gasteiger partial charge in [-0.3, -0.25) is 14.9 Å². The maximum atomic E-state index is 6.09. The predicted molar refractivity (Wildman–Crippen MR) is 191 cm³/mol. The van der Waals surface area contributed by atoms with Gasteiger partial charge in [0.2, 0.25) is 5.95 Å². The zero-order valence-electron chi connectivity index (χ0n) is 27.0. The number of aromatic nitrogens is 4. The summed E-state index contributed by atoms with van der Waals surface area (Å²) < 4.78 is 12.8. The van der Waals surface area contributed by atoms with Crippen molar-refractivity contribution in [2.75, 3.05) is 62.2 Å². The van der Waals surface area contributed by atoms with E-state index in [1.165, 1.54) is 36.9 Å². The van der Waals surface area contributed by atoms with Crippen LogP contribution in [0.15, 0.2) is 47.3 Å². The molecule has 10 nitrogen and oxygen atoms in total. The van der Waals surface area contributed by atoms with Gasteiger partial charge in [-0.2, -0.15) is 4.98 Å². The van der Waals surface area contributed by atoms with E-state index in [-0.39, 0.29) is 0 Å². The monoisotopic (exact) mass is 704 g/mol. The number of fused-ring (bicyclic) bond motifs is 3. The number of anilines is 5. The van der Waals surface area contributed by atoms with Crippen LogP contribution in [-0.2, 0) is 11.2 Å². The van der Waals surface area contributed by atoms with E-state index in [9.17, 15) is 0 Å². The van der Waals surface area contributed by atoms with Crippen LogP contribution in [0.2, 0.25) is 0 Å². The van der Waals surface area contributed by atoms with Crippen molar-refractivity contribution < 1.29 is 9.47 Å². The molecule has 5 heterocycles. The van der Waals surface area contributed by atoms with Gasteiger partial charge in [-0.05, 0) is 85.1 Å². The molecular formula is C34H42BrN8O2P. The molecule has 0 unspecified atom stereocenters. The Balaban J connectivity index is 1.09. The minimum atomic E-state index is -0.465. The van der Waals surface area contributed by atoms with Crippen molar-refractivity contribution >= 4 is 69.0 Å². The van der Waals surface area contributed by atoms with E-state index in [2.05, 4.69) is 89.8 Å². The number of halogens is 1. The quantitative estimate of drug-likeness (QED) is 0.189. The lowest BCUT2D eigenvalue weighted by Gasteiger charge is -2.43. The van der Waals surface area contributed by atoms with Crippen molar-refractivity contribution in [2.24, 2.45) is 0 Å². The Hall–Kier alpha value is -3.11. The Kier molecular flexibility index (Phi) is 9.28. The first-order chi connectivity index (χ1) is 22.4. The highest BCUT2D eigenvalue weighted by atomic mass is 79.9. The average molecular weight is 706 g/mol. The second-order valence-corrected chi connectivity index (χ2v) is 15.7. The molecule has 4 aromatic rings. The lowest BCUT2D eigenvalue weighted by Crippen LogP contribution is -2.51. The highest BCUT2D eigenvalue weighted by Crippen LogP contribution is 2.39. The Morgan fingerprint density at radius 1 is 0.978 bits per heavy atom. The van der Waals surface area contributed by atoms with Gasteiger partial charge in [-0.1, -0.05) is 14.8 Å². The zero-order chi connectivity index (χ0) is 31.8. The summed E-state index contributed by atoms with van der Waals surface area (Å²) in [6.45, 7) is 11.0. The first-order valence-corrected chi connectivity index (χ1v) is 19.3. The van der Waals surface area contributed by atoms with Crippen LogP contribution in [-0.4, -0.2) is 89.7 Å². The van der Waals surface area contributed by atoms with Crippen molar-refractivity contribution in [3.05, 3.63) is 52.9 Å². The number of nitrogens with one attached hydrogen (secondary N) is 2. The third-order valence-corrected chi connectivity index (χ3v) is 11.4. The summed E-state index contributed by atoms with van der Waals surface area (Å²) in [4.78, 5) is 23.8. The number of morpholine rings is 1. The first-order valence-electron chi connectivity index (χ1n) is 16.2. The standard InChI is InChI=1S/C34H42BrN8O2P/c1-5-21-16-28(30(44-2)17-29(21)42-14-10-22(11-15-42)43-19-23-6-7-24(20-43)45-23)40-34-38-18-25(35)33(41-34)39-27-9-8-26-31(32(27)46(3)4)37-13-12-36-26/h8-9,12-13,16-18,22-24H,5-7,10-11,14-15,19-20H2,1-4H3,(H2,38,39,40,41)/t23-,24+. The molecule has 0 radical (unpaired) electrons. The van der Waals surface area contributed by atoms with Crippen LogP contribution in [0.3, 0.4) is 0 Å². The van der Waals surface area contributed by atoms with E-state index in [0.29, 0.717) is 30.0 Å². The summed E-state index contributed by atoms with van der Waals surface area (Å²) in [6, 6.07) is 9.07. The summed E-state index contributed by atoms with van der Waals surface area (Å²) >= 11 is 3.65. The van der Waals surface area contributed by atoms with E-state index in [1.807, 2.05) is 6.07 Å². The Bertz CT molecular complexity index is 1700. The molecule has 2 aromatic heterocycles. The summed E-state index contributed by atoms with van der Waals surface area (Å²) in [6.07, 6.45) is 11.9. The van der Waals surface area contributed by atoms with E-state index >= 15 is 0 Å². The van der Waals surface area contributed by atoms with E-state index in [4.69, 9.17) is 14.5 Å². The fourth-order valence-electron chi connectivity index (χ4n) is 7.21. The second kappa shape index (κ2) is 13.6. The van der Waals surface area contributed by atoms with Gasteiger partial charge in [0.1, 0.15) is 11.6 Å². The molecular weight excluding hydrogens is 663 g/mol. The second-order valence-electron chi connectivity index (χ2n) is 12.6. The molecule has 3 fully saturated rings. The van der Waals surface area contributed by atoms with Gasteiger partial charge in [0, 0.05) is 73.6 Å². The number of piperidine rings is 1. The van der Waals surface area contributed by atoms with Gasteiger partial charge in [-0.25, -0.2) is 4.98 Å². The molecule has 46 heavy (non-hydrogen) atoms. The first kappa shape index (κ1) is 31.5. The van der Waals surface area contributed by atoms with E-state index < -0.39 is 7.92 Å². The summed E-state index contributed by atoms with van der Waals surface area (Å²) in [5, 5.41) is 8.15. The van der Waals surface area contributed by atoms with Crippen molar-refractivity contribution in [2.45, 2.75) is 57.3 Å². The predicted octanol–water partition coefficient (Wildman–Crippen LogP) is 6.44. The molecule has 2 N–H and O–H groups in total. The minimum Gasteiger partial charge on any atom is -0.494 e. The van der Waals surface area contributed by atoms with Gasteiger partial charge in [-0.15, -0.1) is 0 Å². The number of rotatable bonds is 9. The third kappa shape index (κ3) is 6.39. The SMILES string of the molecule is CCc1cc(Nc2ncc(Br)c(Nc3ccc4nccnc4c3P(C)C)n2)c(OC)cc1N1CCC(N2C[C@H]3CC[C@@H](C2)O3)CC1. The molecule has 12 heteroatoms. The molecule has 242 valence electrons.